The highest BCUT2D eigenvalue weighted by Crippen LogP contribution is 2.17. The van der Waals surface area contributed by atoms with Crippen molar-refractivity contribution in [2.75, 3.05) is 37.6 Å². The molecule has 2 aliphatic rings. The Morgan fingerprint density at radius 3 is 2.57 bits per heavy atom. The molecule has 0 spiro atoms. The summed E-state index contributed by atoms with van der Waals surface area (Å²) >= 11 is 5.86. The van der Waals surface area contributed by atoms with Gasteiger partial charge in [0.25, 0.3) is 0 Å². The molecule has 0 radical (unpaired) electrons. The predicted molar refractivity (Wildman–Crippen MR) is 98.2 cm³/mol. The van der Waals surface area contributed by atoms with E-state index in [1.165, 1.54) is 6.42 Å². The minimum absolute atomic E-state index is 0. The summed E-state index contributed by atoms with van der Waals surface area (Å²) < 4.78 is 0. The summed E-state index contributed by atoms with van der Waals surface area (Å²) in [5.74, 6) is 1.21. The van der Waals surface area contributed by atoms with Crippen molar-refractivity contribution >= 4 is 48.1 Å². The summed E-state index contributed by atoms with van der Waals surface area (Å²) in [5, 5.41) is 4.04. The molecule has 0 saturated carbocycles. The molecule has 8 heteroatoms. The average Bonchev–Trinajstić information content (AvgIpc) is 3.01. The number of pyridine rings is 1. The molecular weight excluding hydrogens is 359 g/mol. The van der Waals surface area contributed by atoms with Crippen LogP contribution in [0, 0.1) is 0 Å². The number of nitrogens with zero attached hydrogens (tertiary/aromatic N) is 3. The van der Waals surface area contributed by atoms with Crippen molar-refractivity contribution in [3.63, 3.8) is 0 Å². The summed E-state index contributed by atoms with van der Waals surface area (Å²) in [4.78, 5) is 20.8. The second-order valence-corrected chi connectivity index (χ2v) is 6.14. The standard InChI is InChI=1S/C15H21ClN4O.2ClH/c16-12-3-4-14(18-11-12)19-6-8-20(9-7-19)15(21)10-13-2-1-5-17-13;;/h3-4,11,13,17H,1-2,5-10H2;2*1H. The van der Waals surface area contributed by atoms with Gasteiger partial charge in [0, 0.05) is 44.8 Å². The highest BCUT2D eigenvalue weighted by atomic mass is 35.5. The van der Waals surface area contributed by atoms with Crippen LogP contribution >= 0.6 is 36.4 Å². The summed E-state index contributed by atoms with van der Waals surface area (Å²) in [6, 6.07) is 4.17. The van der Waals surface area contributed by atoms with Crippen LogP contribution in [0.4, 0.5) is 5.82 Å². The molecule has 0 aliphatic carbocycles. The van der Waals surface area contributed by atoms with Gasteiger partial charge >= 0.3 is 0 Å². The summed E-state index contributed by atoms with van der Waals surface area (Å²) in [6.45, 7) is 4.26. The van der Waals surface area contributed by atoms with E-state index in [9.17, 15) is 4.79 Å². The average molecular weight is 382 g/mol. The van der Waals surface area contributed by atoms with Crippen molar-refractivity contribution in [1.82, 2.24) is 15.2 Å². The lowest BCUT2D eigenvalue weighted by Gasteiger charge is -2.35. The molecule has 0 bridgehead atoms. The fraction of sp³-hybridized carbons (Fsp3) is 0.600. The fourth-order valence-electron chi connectivity index (χ4n) is 3.01. The molecule has 5 nitrogen and oxygen atoms in total. The Hall–Kier alpha value is -0.750. The SMILES string of the molecule is Cl.Cl.O=C(CC1CCCN1)N1CCN(c2ccc(Cl)cn2)CC1. The minimum Gasteiger partial charge on any atom is -0.353 e. The highest BCUT2D eigenvalue weighted by Gasteiger charge is 2.25. The first-order valence-electron chi connectivity index (χ1n) is 7.60. The van der Waals surface area contributed by atoms with Crippen LogP contribution < -0.4 is 10.2 Å². The van der Waals surface area contributed by atoms with E-state index < -0.39 is 0 Å². The largest absolute Gasteiger partial charge is 0.353 e. The van der Waals surface area contributed by atoms with E-state index in [0.717, 1.165) is 45.0 Å². The molecule has 2 aliphatic heterocycles. The Kier molecular flexibility index (Phi) is 8.40. The highest BCUT2D eigenvalue weighted by molar-refractivity contribution is 6.30. The summed E-state index contributed by atoms with van der Waals surface area (Å²) in [6.07, 6.45) is 4.62. The monoisotopic (exact) mass is 380 g/mol. The zero-order chi connectivity index (χ0) is 14.7. The van der Waals surface area contributed by atoms with Crippen molar-refractivity contribution in [2.45, 2.75) is 25.3 Å². The lowest BCUT2D eigenvalue weighted by molar-refractivity contribution is -0.131. The van der Waals surface area contributed by atoms with Gasteiger partial charge in [-0.15, -0.1) is 24.8 Å². The summed E-state index contributed by atoms with van der Waals surface area (Å²) in [5.41, 5.74) is 0. The third-order valence-electron chi connectivity index (χ3n) is 4.25. The molecule has 3 heterocycles. The van der Waals surface area contributed by atoms with Crippen molar-refractivity contribution in [1.29, 1.82) is 0 Å². The number of piperazine rings is 1. The van der Waals surface area contributed by atoms with E-state index >= 15 is 0 Å². The first-order valence-corrected chi connectivity index (χ1v) is 7.98. The second kappa shape index (κ2) is 9.52. The van der Waals surface area contributed by atoms with Crippen molar-refractivity contribution in [3.8, 4) is 0 Å². The van der Waals surface area contributed by atoms with E-state index in [2.05, 4.69) is 15.2 Å². The van der Waals surface area contributed by atoms with Crippen LogP contribution in [0.5, 0.6) is 0 Å². The maximum atomic E-state index is 12.3. The molecule has 23 heavy (non-hydrogen) atoms. The Morgan fingerprint density at radius 2 is 2.00 bits per heavy atom. The molecule has 1 amide bonds. The number of hydrogen-bond acceptors (Lipinski definition) is 4. The minimum atomic E-state index is 0. The van der Waals surface area contributed by atoms with Crippen molar-refractivity contribution < 1.29 is 4.79 Å². The second-order valence-electron chi connectivity index (χ2n) is 5.70. The third kappa shape index (κ3) is 5.38. The topological polar surface area (TPSA) is 48.5 Å². The van der Waals surface area contributed by atoms with Crippen LogP contribution in [0.2, 0.25) is 5.02 Å². The van der Waals surface area contributed by atoms with Gasteiger partial charge in [0.1, 0.15) is 5.82 Å². The maximum absolute atomic E-state index is 12.3. The first-order chi connectivity index (χ1) is 10.2. The molecule has 1 atom stereocenters. The Labute approximate surface area is 154 Å². The quantitative estimate of drug-likeness (QED) is 0.873. The Balaban J connectivity index is 0.00000132. The predicted octanol–water partition coefficient (Wildman–Crippen LogP) is 2.37. The van der Waals surface area contributed by atoms with Gasteiger partial charge in [0.05, 0.1) is 5.02 Å². The van der Waals surface area contributed by atoms with Gasteiger partial charge in [-0.05, 0) is 31.5 Å². The maximum Gasteiger partial charge on any atom is 0.224 e. The number of carbonyl (C=O) groups is 1. The van der Waals surface area contributed by atoms with E-state index in [0.29, 0.717) is 17.5 Å². The molecule has 130 valence electrons. The van der Waals surface area contributed by atoms with E-state index in [4.69, 9.17) is 11.6 Å². The lowest BCUT2D eigenvalue weighted by Crippen LogP contribution is -2.49. The number of nitrogens with one attached hydrogen (secondary N) is 1. The Morgan fingerprint density at radius 1 is 1.26 bits per heavy atom. The van der Waals surface area contributed by atoms with Gasteiger partial charge in [-0.25, -0.2) is 4.98 Å². The number of aromatic nitrogens is 1. The van der Waals surface area contributed by atoms with Crippen LogP contribution in [0.1, 0.15) is 19.3 Å². The first kappa shape index (κ1) is 20.3. The molecule has 2 fully saturated rings. The summed E-state index contributed by atoms with van der Waals surface area (Å²) in [7, 11) is 0. The number of amides is 1. The molecule has 1 unspecified atom stereocenters. The number of carbonyl (C=O) groups excluding carboxylic acids is 1. The van der Waals surface area contributed by atoms with E-state index in [1.54, 1.807) is 6.20 Å². The van der Waals surface area contributed by atoms with Crippen molar-refractivity contribution in [3.05, 3.63) is 23.4 Å². The van der Waals surface area contributed by atoms with Crippen LogP contribution in [0.15, 0.2) is 18.3 Å². The van der Waals surface area contributed by atoms with Crippen LogP contribution in [0.3, 0.4) is 0 Å². The van der Waals surface area contributed by atoms with Crippen molar-refractivity contribution in [2.24, 2.45) is 0 Å². The van der Waals surface area contributed by atoms with Crippen LogP contribution in [-0.4, -0.2) is 54.6 Å². The van der Waals surface area contributed by atoms with Gasteiger partial charge in [-0.1, -0.05) is 11.6 Å². The molecular formula is C15H23Cl3N4O. The molecule has 1 aromatic heterocycles. The van der Waals surface area contributed by atoms with Gasteiger partial charge in [-0.2, -0.15) is 0 Å². The zero-order valence-corrected chi connectivity index (χ0v) is 15.3. The Bertz CT molecular complexity index is 486. The third-order valence-corrected chi connectivity index (χ3v) is 4.48. The van der Waals surface area contributed by atoms with Gasteiger partial charge in [0.15, 0.2) is 0 Å². The number of anilines is 1. The van der Waals surface area contributed by atoms with Crippen LogP contribution in [-0.2, 0) is 4.79 Å². The fourth-order valence-corrected chi connectivity index (χ4v) is 3.12. The zero-order valence-electron chi connectivity index (χ0n) is 12.9. The number of rotatable bonds is 3. The number of halogens is 3. The molecule has 3 rings (SSSR count). The van der Waals surface area contributed by atoms with Gasteiger partial charge in [-0.3, -0.25) is 4.79 Å². The van der Waals surface area contributed by atoms with E-state index in [1.807, 2.05) is 17.0 Å². The smallest absolute Gasteiger partial charge is 0.224 e. The lowest BCUT2D eigenvalue weighted by atomic mass is 10.1. The van der Waals surface area contributed by atoms with E-state index in [-0.39, 0.29) is 30.7 Å². The molecule has 2 saturated heterocycles. The molecule has 1 N–H and O–H groups in total. The molecule has 1 aromatic rings. The molecule has 0 aromatic carbocycles. The van der Waals surface area contributed by atoms with Crippen LogP contribution in [0.25, 0.3) is 0 Å². The van der Waals surface area contributed by atoms with Gasteiger partial charge in [0.2, 0.25) is 5.91 Å². The number of hydrogen-bond donors (Lipinski definition) is 1. The van der Waals surface area contributed by atoms with Gasteiger partial charge < -0.3 is 15.1 Å². The normalized spacial score (nSPS) is 20.7.